The fourth-order valence-corrected chi connectivity index (χ4v) is 2.22. The molecule has 0 aliphatic heterocycles. The van der Waals surface area contributed by atoms with Crippen molar-refractivity contribution >= 4 is 18.2 Å². The number of ether oxygens (including phenoxy) is 1. The minimum Gasteiger partial charge on any atom is -0.464 e. The summed E-state index contributed by atoms with van der Waals surface area (Å²) in [7, 11) is 1.36. The highest BCUT2D eigenvalue weighted by Gasteiger charge is 2.18. The van der Waals surface area contributed by atoms with E-state index in [-0.39, 0.29) is 6.04 Å². The van der Waals surface area contributed by atoms with Crippen LogP contribution in [0.25, 0.3) is 0 Å². The average molecular weight is 262 g/mol. The number of nitrogens with zero attached hydrogens (tertiary/aromatic N) is 1. The van der Waals surface area contributed by atoms with Gasteiger partial charge in [-0.1, -0.05) is 30.3 Å². The van der Waals surface area contributed by atoms with Crippen molar-refractivity contribution in [2.45, 2.75) is 13.0 Å². The number of H-pyrrole nitrogens is 1. The van der Waals surface area contributed by atoms with Gasteiger partial charge in [0.2, 0.25) is 0 Å². The molecule has 0 fully saturated rings. The molecule has 1 aromatic carbocycles. The van der Waals surface area contributed by atoms with Crippen molar-refractivity contribution in [3.63, 3.8) is 0 Å². The van der Waals surface area contributed by atoms with Gasteiger partial charge in [-0.2, -0.15) is 0 Å². The number of aromatic amines is 1. The van der Waals surface area contributed by atoms with Crippen molar-refractivity contribution in [1.29, 1.82) is 0 Å². The van der Waals surface area contributed by atoms with Crippen LogP contribution in [0.1, 0.15) is 29.0 Å². The number of carbonyl (C=O) groups excluding carboxylic acids is 1. The van der Waals surface area contributed by atoms with Crippen molar-refractivity contribution in [3.8, 4) is 0 Å². The molecule has 0 aliphatic rings. The second-order valence-corrected chi connectivity index (χ2v) is 4.31. The predicted octanol–water partition coefficient (Wildman–Crippen LogP) is 2.94. The van der Waals surface area contributed by atoms with Crippen LogP contribution in [0.3, 0.4) is 0 Å². The first-order valence-electron chi connectivity index (χ1n) is 5.58. The van der Waals surface area contributed by atoms with Crippen LogP contribution in [0.2, 0.25) is 0 Å². The monoisotopic (exact) mass is 262 g/mol. The van der Waals surface area contributed by atoms with E-state index in [1.54, 1.807) is 10.8 Å². The summed E-state index contributed by atoms with van der Waals surface area (Å²) in [5.41, 5.74) is 1.51. The molecule has 5 heteroatoms. The van der Waals surface area contributed by atoms with Gasteiger partial charge in [0.1, 0.15) is 5.69 Å². The van der Waals surface area contributed by atoms with E-state index < -0.39 is 5.97 Å². The van der Waals surface area contributed by atoms with Crippen LogP contribution in [0.4, 0.5) is 0 Å². The molecule has 2 rings (SSSR count). The van der Waals surface area contributed by atoms with Crippen molar-refractivity contribution in [1.82, 2.24) is 9.55 Å². The largest absolute Gasteiger partial charge is 0.464 e. The molecule has 0 radical (unpaired) electrons. The average Bonchev–Trinajstić information content (AvgIpc) is 2.80. The quantitative estimate of drug-likeness (QED) is 0.683. The number of rotatable bonds is 3. The Morgan fingerprint density at radius 1 is 1.39 bits per heavy atom. The first-order chi connectivity index (χ1) is 8.65. The normalized spacial score (nSPS) is 12.1. The molecule has 1 atom stereocenters. The Balaban J connectivity index is 2.48. The Kier molecular flexibility index (Phi) is 3.62. The lowest BCUT2D eigenvalue weighted by Gasteiger charge is -2.16. The first-order valence-corrected chi connectivity index (χ1v) is 5.99. The van der Waals surface area contributed by atoms with E-state index >= 15 is 0 Å². The van der Waals surface area contributed by atoms with Crippen LogP contribution < -0.4 is 0 Å². The van der Waals surface area contributed by atoms with E-state index in [1.165, 1.54) is 7.11 Å². The minimum absolute atomic E-state index is 0.0287. The highest BCUT2D eigenvalue weighted by Crippen LogP contribution is 2.20. The smallest absolute Gasteiger partial charge is 0.356 e. The molecule has 0 saturated heterocycles. The third-order valence-corrected chi connectivity index (χ3v) is 3.19. The van der Waals surface area contributed by atoms with Crippen LogP contribution in [-0.2, 0) is 4.74 Å². The highest BCUT2D eigenvalue weighted by atomic mass is 32.1. The summed E-state index contributed by atoms with van der Waals surface area (Å²) in [6, 6.07) is 9.84. The van der Waals surface area contributed by atoms with E-state index in [2.05, 4.69) is 4.98 Å². The van der Waals surface area contributed by atoms with Crippen LogP contribution in [0.5, 0.6) is 0 Å². The molecule has 0 aliphatic carbocycles. The van der Waals surface area contributed by atoms with Crippen LogP contribution in [0, 0.1) is 4.77 Å². The van der Waals surface area contributed by atoms with Gasteiger partial charge in [-0.3, -0.25) is 0 Å². The Hall–Kier alpha value is -1.88. The molecule has 0 spiro atoms. The summed E-state index contributed by atoms with van der Waals surface area (Å²) in [6.07, 6.45) is 1.58. The lowest BCUT2D eigenvalue weighted by Crippen LogP contribution is -2.15. The van der Waals surface area contributed by atoms with Gasteiger partial charge in [-0.05, 0) is 24.7 Å². The number of hydrogen-bond donors (Lipinski definition) is 1. The summed E-state index contributed by atoms with van der Waals surface area (Å²) < 4.78 is 7.02. The third-order valence-electron chi connectivity index (χ3n) is 2.87. The SMILES string of the molecule is COC(=O)c1c[nH]c(=S)n1C(C)c1ccccc1. The maximum atomic E-state index is 11.7. The van der Waals surface area contributed by atoms with Gasteiger partial charge in [0, 0.05) is 6.20 Å². The third kappa shape index (κ3) is 2.22. The van der Waals surface area contributed by atoms with Crippen LogP contribution in [0.15, 0.2) is 36.5 Å². The molecule has 0 saturated carbocycles. The molecule has 1 heterocycles. The maximum absolute atomic E-state index is 11.7. The predicted molar refractivity (Wildman–Crippen MR) is 71.2 cm³/mol. The van der Waals surface area contributed by atoms with Gasteiger partial charge in [0.15, 0.2) is 4.77 Å². The number of methoxy groups -OCH3 is 1. The Morgan fingerprint density at radius 2 is 2.06 bits per heavy atom. The number of nitrogens with one attached hydrogen (secondary N) is 1. The lowest BCUT2D eigenvalue weighted by atomic mass is 10.1. The second kappa shape index (κ2) is 5.18. The lowest BCUT2D eigenvalue weighted by molar-refractivity contribution is 0.0587. The molecular weight excluding hydrogens is 248 g/mol. The van der Waals surface area contributed by atoms with E-state index in [9.17, 15) is 4.79 Å². The fraction of sp³-hybridized carbons (Fsp3) is 0.231. The Morgan fingerprint density at radius 3 is 2.67 bits per heavy atom. The molecule has 1 unspecified atom stereocenters. The van der Waals surface area contributed by atoms with Crippen molar-refractivity contribution < 1.29 is 9.53 Å². The number of carbonyl (C=O) groups is 1. The number of aromatic nitrogens is 2. The maximum Gasteiger partial charge on any atom is 0.356 e. The molecule has 0 bridgehead atoms. The molecule has 2 aromatic rings. The Labute approximate surface area is 110 Å². The van der Waals surface area contributed by atoms with E-state index in [4.69, 9.17) is 17.0 Å². The number of esters is 1. The van der Waals surface area contributed by atoms with E-state index in [0.29, 0.717) is 10.5 Å². The van der Waals surface area contributed by atoms with Gasteiger partial charge in [0.05, 0.1) is 13.2 Å². The zero-order valence-corrected chi connectivity index (χ0v) is 11.0. The molecule has 1 aromatic heterocycles. The number of hydrogen-bond acceptors (Lipinski definition) is 3. The van der Waals surface area contributed by atoms with Crippen LogP contribution >= 0.6 is 12.2 Å². The van der Waals surface area contributed by atoms with Crippen molar-refractivity contribution in [2.75, 3.05) is 7.11 Å². The Bertz CT molecular complexity index is 601. The summed E-state index contributed by atoms with van der Waals surface area (Å²) in [5, 5.41) is 0. The van der Waals surface area contributed by atoms with Gasteiger partial charge in [-0.15, -0.1) is 0 Å². The molecule has 4 nitrogen and oxygen atoms in total. The van der Waals surface area contributed by atoms with Gasteiger partial charge in [0.25, 0.3) is 0 Å². The highest BCUT2D eigenvalue weighted by molar-refractivity contribution is 7.71. The second-order valence-electron chi connectivity index (χ2n) is 3.93. The topological polar surface area (TPSA) is 47.0 Å². The molecule has 94 valence electrons. The number of benzene rings is 1. The summed E-state index contributed by atoms with van der Waals surface area (Å²) >= 11 is 5.22. The molecular formula is C13H14N2O2S. The molecule has 0 amide bonds. The first kappa shape index (κ1) is 12.6. The van der Waals surface area contributed by atoms with Gasteiger partial charge >= 0.3 is 5.97 Å². The van der Waals surface area contributed by atoms with E-state index in [0.717, 1.165) is 5.56 Å². The van der Waals surface area contributed by atoms with Crippen LogP contribution in [-0.4, -0.2) is 22.6 Å². The molecule has 1 N–H and O–H groups in total. The zero-order chi connectivity index (χ0) is 13.1. The van der Waals surface area contributed by atoms with Crippen molar-refractivity contribution in [3.05, 3.63) is 52.6 Å². The summed E-state index contributed by atoms with van der Waals surface area (Å²) in [4.78, 5) is 14.6. The number of imidazole rings is 1. The molecule has 18 heavy (non-hydrogen) atoms. The minimum atomic E-state index is -0.398. The zero-order valence-electron chi connectivity index (χ0n) is 10.2. The van der Waals surface area contributed by atoms with Gasteiger partial charge in [-0.25, -0.2) is 4.79 Å². The fourth-order valence-electron chi connectivity index (χ4n) is 1.91. The van der Waals surface area contributed by atoms with E-state index in [1.807, 2.05) is 37.3 Å². The van der Waals surface area contributed by atoms with Crippen molar-refractivity contribution in [2.24, 2.45) is 0 Å². The summed E-state index contributed by atoms with van der Waals surface area (Å²) in [5.74, 6) is -0.398. The van der Waals surface area contributed by atoms with Gasteiger partial charge < -0.3 is 14.3 Å². The standard InChI is InChI=1S/C13H14N2O2S/c1-9(10-6-4-3-5-7-10)15-11(12(16)17-2)8-14-13(15)18/h3-9H,1-2H3,(H,14,18). The summed E-state index contributed by atoms with van der Waals surface area (Å²) in [6.45, 7) is 1.99.